The number of anilines is 2. The van der Waals surface area contributed by atoms with Gasteiger partial charge in [-0.05, 0) is 74.2 Å². The predicted molar refractivity (Wildman–Crippen MR) is 113 cm³/mol. The summed E-state index contributed by atoms with van der Waals surface area (Å²) in [4.78, 5) is 6.60. The molecular formula is C23H24N4O3. The van der Waals surface area contributed by atoms with Crippen LogP contribution in [-0.2, 0) is 6.42 Å². The molecule has 1 aliphatic heterocycles. The highest BCUT2D eigenvalue weighted by molar-refractivity contribution is 5.66. The van der Waals surface area contributed by atoms with Gasteiger partial charge in [0.15, 0.2) is 0 Å². The molecule has 7 nitrogen and oxygen atoms in total. The maximum absolute atomic E-state index is 9.86. The third kappa shape index (κ3) is 3.87. The van der Waals surface area contributed by atoms with Crippen molar-refractivity contribution in [2.24, 2.45) is 0 Å². The molecule has 1 atom stereocenters. The number of fused-ring (bicyclic) bond motifs is 1. The van der Waals surface area contributed by atoms with Crippen molar-refractivity contribution in [3.8, 4) is 23.3 Å². The average molecular weight is 404 g/mol. The van der Waals surface area contributed by atoms with Crippen molar-refractivity contribution < 1.29 is 14.4 Å². The molecule has 1 aromatic heterocycles. The van der Waals surface area contributed by atoms with Crippen LogP contribution in [0.1, 0.15) is 50.0 Å². The molecule has 2 aromatic carbocycles. The van der Waals surface area contributed by atoms with Crippen molar-refractivity contribution in [3.05, 3.63) is 53.1 Å². The van der Waals surface area contributed by atoms with Crippen LogP contribution < -0.4 is 9.64 Å². The van der Waals surface area contributed by atoms with E-state index in [9.17, 15) is 10.4 Å². The summed E-state index contributed by atoms with van der Waals surface area (Å²) in [5.41, 5.74) is 4.18. The minimum atomic E-state index is -0.501. The summed E-state index contributed by atoms with van der Waals surface area (Å²) in [5, 5.41) is 23.5. The standard InChI is InChI=1S/C23H24N4O3/c1-14(2)29-21-9-7-18(12-19(21)13-24)22-25-23(26-30-22)27-10-4-5-17-11-16(15(3)28)6-8-20(17)27/h6-9,11-12,14-15,28H,4-5,10H2,1-3H3. The van der Waals surface area contributed by atoms with Gasteiger partial charge in [-0.3, -0.25) is 0 Å². The van der Waals surface area contributed by atoms with Gasteiger partial charge >= 0.3 is 0 Å². The number of aryl methyl sites for hydroxylation is 1. The van der Waals surface area contributed by atoms with Crippen LogP contribution in [0.5, 0.6) is 5.75 Å². The first-order valence-electron chi connectivity index (χ1n) is 10.1. The number of aromatic nitrogens is 2. The van der Waals surface area contributed by atoms with Crippen molar-refractivity contribution in [1.82, 2.24) is 10.1 Å². The van der Waals surface area contributed by atoms with Gasteiger partial charge in [0.2, 0.25) is 0 Å². The SMILES string of the molecule is CC(C)Oc1ccc(-c2nc(N3CCCc4cc(C(C)O)ccc43)no2)cc1C#N. The largest absolute Gasteiger partial charge is 0.490 e. The second kappa shape index (κ2) is 8.17. The average Bonchev–Trinajstić information content (AvgIpc) is 3.22. The molecular weight excluding hydrogens is 380 g/mol. The van der Waals surface area contributed by atoms with E-state index in [2.05, 4.69) is 16.2 Å². The number of hydrogen-bond donors (Lipinski definition) is 1. The van der Waals surface area contributed by atoms with E-state index >= 15 is 0 Å². The molecule has 2 heterocycles. The van der Waals surface area contributed by atoms with Crippen molar-refractivity contribution in [2.45, 2.75) is 45.8 Å². The molecule has 3 aromatic rings. The molecule has 0 bridgehead atoms. The molecule has 0 saturated carbocycles. The molecule has 0 saturated heterocycles. The fourth-order valence-electron chi connectivity index (χ4n) is 3.63. The second-order valence-corrected chi connectivity index (χ2v) is 7.71. The number of aliphatic hydroxyl groups is 1. The molecule has 4 rings (SSSR count). The van der Waals surface area contributed by atoms with E-state index in [-0.39, 0.29) is 6.10 Å². The van der Waals surface area contributed by atoms with Crippen LogP contribution in [0.4, 0.5) is 11.6 Å². The van der Waals surface area contributed by atoms with Crippen LogP contribution in [-0.4, -0.2) is 27.9 Å². The number of ether oxygens (including phenoxy) is 1. The Morgan fingerprint density at radius 2 is 2.03 bits per heavy atom. The summed E-state index contributed by atoms with van der Waals surface area (Å²) >= 11 is 0. The molecule has 0 fully saturated rings. The van der Waals surface area contributed by atoms with Crippen LogP contribution >= 0.6 is 0 Å². The molecule has 1 aliphatic rings. The Kier molecular flexibility index (Phi) is 5.42. The highest BCUT2D eigenvalue weighted by atomic mass is 16.5. The first kappa shape index (κ1) is 19.9. The van der Waals surface area contributed by atoms with Crippen LogP contribution in [0.2, 0.25) is 0 Å². The Hall–Kier alpha value is -3.37. The van der Waals surface area contributed by atoms with Gasteiger partial charge in [0.1, 0.15) is 11.8 Å². The number of rotatable bonds is 5. The number of benzene rings is 2. The Bertz CT molecular complexity index is 1100. The number of aliphatic hydroxyl groups excluding tert-OH is 1. The van der Waals surface area contributed by atoms with Crippen molar-refractivity contribution in [3.63, 3.8) is 0 Å². The van der Waals surface area contributed by atoms with Crippen LogP contribution in [0.3, 0.4) is 0 Å². The Morgan fingerprint density at radius 3 is 2.77 bits per heavy atom. The molecule has 30 heavy (non-hydrogen) atoms. The molecule has 0 spiro atoms. The molecule has 7 heteroatoms. The van der Waals surface area contributed by atoms with E-state index in [0.717, 1.165) is 36.2 Å². The zero-order valence-corrected chi connectivity index (χ0v) is 17.3. The third-order valence-electron chi connectivity index (χ3n) is 5.07. The van der Waals surface area contributed by atoms with Gasteiger partial charge in [-0.1, -0.05) is 12.1 Å². The van der Waals surface area contributed by atoms with E-state index < -0.39 is 6.10 Å². The Balaban J connectivity index is 1.64. The van der Waals surface area contributed by atoms with Gasteiger partial charge in [0, 0.05) is 17.8 Å². The normalized spacial score (nSPS) is 14.3. The van der Waals surface area contributed by atoms with E-state index in [1.807, 2.05) is 43.0 Å². The lowest BCUT2D eigenvalue weighted by atomic mass is 9.98. The molecule has 1 unspecified atom stereocenters. The van der Waals surface area contributed by atoms with Crippen molar-refractivity contribution in [1.29, 1.82) is 5.26 Å². The lowest BCUT2D eigenvalue weighted by Crippen LogP contribution is -2.25. The summed E-state index contributed by atoms with van der Waals surface area (Å²) < 4.78 is 11.2. The number of nitriles is 1. The Labute approximate surface area is 175 Å². The quantitative estimate of drug-likeness (QED) is 0.667. The molecule has 1 N–H and O–H groups in total. The van der Waals surface area contributed by atoms with Gasteiger partial charge < -0.3 is 19.3 Å². The lowest BCUT2D eigenvalue weighted by molar-refractivity contribution is 0.199. The van der Waals surface area contributed by atoms with Crippen LogP contribution in [0.25, 0.3) is 11.5 Å². The minimum absolute atomic E-state index is 0.0218. The summed E-state index contributed by atoms with van der Waals surface area (Å²) in [7, 11) is 0. The van der Waals surface area contributed by atoms with Crippen LogP contribution in [0, 0.1) is 11.3 Å². The first-order valence-corrected chi connectivity index (χ1v) is 10.1. The summed E-state index contributed by atoms with van der Waals surface area (Å²) in [6.07, 6.45) is 1.38. The van der Waals surface area contributed by atoms with E-state index in [0.29, 0.717) is 28.7 Å². The molecule has 0 amide bonds. The molecule has 154 valence electrons. The fraction of sp³-hybridized carbons (Fsp3) is 0.348. The summed E-state index contributed by atoms with van der Waals surface area (Å²) in [6.45, 7) is 6.38. The highest BCUT2D eigenvalue weighted by Gasteiger charge is 2.24. The minimum Gasteiger partial charge on any atom is -0.490 e. The zero-order chi connectivity index (χ0) is 21.3. The Morgan fingerprint density at radius 1 is 1.20 bits per heavy atom. The summed E-state index contributed by atoms with van der Waals surface area (Å²) in [5.74, 6) is 1.37. The van der Waals surface area contributed by atoms with E-state index in [1.54, 1.807) is 19.1 Å². The zero-order valence-electron chi connectivity index (χ0n) is 17.3. The maximum Gasteiger partial charge on any atom is 0.270 e. The third-order valence-corrected chi connectivity index (χ3v) is 5.07. The topological polar surface area (TPSA) is 95.4 Å². The van der Waals surface area contributed by atoms with Crippen molar-refractivity contribution >= 4 is 11.6 Å². The molecule has 0 aliphatic carbocycles. The monoisotopic (exact) mass is 404 g/mol. The number of hydrogen-bond acceptors (Lipinski definition) is 7. The first-order chi connectivity index (χ1) is 14.5. The van der Waals surface area contributed by atoms with E-state index in [4.69, 9.17) is 9.26 Å². The van der Waals surface area contributed by atoms with Gasteiger partial charge in [-0.15, -0.1) is 0 Å². The van der Waals surface area contributed by atoms with Gasteiger partial charge in [0.25, 0.3) is 11.8 Å². The van der Waals surface area contributed by atoms with Crippen molar-refractivity contribution in [2.75, 3.05) is 11.4 Å². The van der Waals surface area contributed by atoms with E-state index in [1.165, 1.54) is 0 Å². The predicted octanol–water partition coefficient (Wildman–Crippen LogP) is 4.53. The van der Waals surface area contributed by atoms with Gasteiger partial charge in [-0.2, -0.15) is 10.2 Å². The fourth-order valence-corrected chi connectivity index (χ4v) is 3.63. The summed E-state index contributed by atoms with van der Waals surface area (Å²) in [6, 6.07) is 13.4. The van der Waals surface area contributed by atoms with Crippen LogP contribution in [0.15, 0.2) is 40.9 Å². The molecule has 0 radical (unpaired) electrons. The second-order valence-electron chi connectivity index (χ2n) is 7.71. The van der Waals surface area contributed by atoms with Gasteiger partial charge in [-0.25, -0.2) is 0 Å². The highest BCUT2D eigenvalue weighted by Crippen LogP contribution is 2.35. The smallest absolute Gasteiger partial charge is 0.270 e. The lowest BCUT2D eigenvalue weighted by Gasteiger charge is -2.28. The number of nitrogens with zero attached hydrogens (tertiary/aromatic N) is 4. The van der Waals surface area contributed by atoms with Gasteiger partial charge in [0.05, 0.1) is 17.8 Å². The maximum atomic E-state index is 9.86.